The van der Waals surface area contributed by atoms with E-state index >= 15 is 0 Å². The first-order chi connectivity index (χ1) is 13.7. The molecule has 0 aliphatic heterocycles. The third-order valence-electron chi connectivity index (χ3n) is 8.53. The zero-order valence-electron chi connectivity index (χ0n) is 18.8. The number of unbranched alkanes of at least 4 members (excludes halogenated alkanes) is 2. The Morgan fingerprint density at radius 2 is 1.29 bits per heavy atom. The topological polar surface area (TPSA) is 26.3 Å². The lowest BCUT2D eigenvalue weighted by Gasteiger charge is -2.37. The van der Waals surface area contributed by atoms with Crippen LogP contribution in [0.2, 0.25) is 0 Å². The third-order valence-corrected chi connectivity index (χ3v) is 8.53. The highest BCUT2D eigenvalue weighted by molar-refractivity contribution is 5.72. The highest BCUT2D eigenvalue weighted by Gasteiger charge is 2.34. The van der Waals surface area contributed by atoms with E-state index in [0.717, 1.165) is 49.4 Å². The van der Waals surface area contributed by atoms with Crippen molar-refractivity contribution >= 4 is 5.97 Å². The van der Waals surface area contributed by atoms with Crippen LogP contribution in [0.4, 0.5) is 0 Å². The summed E-state index contributed by atoms with van der Waals surface area (Å²) in [4.78, 5) is 12.7. The highest BCUT2D eigenvalue weighted by atomic mass is 16.5. The normalized spacial score (nSPS) is 36.8. The van der Waals surface area contributed by atoms with Crippen LogP contribution < -0.4 is 0 Å². The minimum atomic E-state index is 0.141. The van der Waals surface area contributed by atoms with Gasteiger partial charge in [0.1, 0.15) is 6.10 Å². The predicted molar refractivity (Wildman–Crippen MR) is 117 cm³/mol. The van der Waals surface area contributed by atoms with E-state index in [1.807, 2.05) is 0 Å². The van der Waals surface area contributed by atoms with E-state index < -0.39 is 0 Å². The van der Waals surface area contributed by atoms with Crippen molar-refractivity contribution in [2.75, 3.05) is 0 Å². The Hall–Kier alpha value is -0.530. The first-order valence-corrected chi connectivity index (χ1v) is 12.9. The molecule has 0 aromatic rings. The van der Waals surface area contributed by atoms with E-state index in [1.165, 1.54) is 83.5 Å². The SMILES string of the molecule is CCCCCC1CCC(OC(=O)C2CCC(C3CCC(CC)CC3)CC2)CC1. The molecule has 28 heavy (non-hydrogen) atoms. The molecule has 3 fully saturated rings. The Balaban J connectivity index is 1.31. The molecule has 0 radical (unpaired) electrons. The monoisotopic (exact) mass is 390 g/mol. The molecule has 2 nitrogen and oxygen atoms in total. The Bertz CT molecular complexity index is 435. The van der Waals surface area contributed by atoms with E-state index in [-0.39, 0.29) is 18.0 Å². The van der Waals surface area contributed by atoms with Crippen molar-refractivity contribution in [1.29, 1.82) is 0 Å². The summed E-state index contributed by atoms with van der Waals surface area (Å²) in [5.41, 5.74) is 0. The molecule has 3 rings (SSSR count). The molecule has 0 amide bonds. The minimum absolute atomic E-state index is 0.141. The third kappa shape index (κ3) is 6.49. The Labute approximate surface area is 174 Å². The molecule has 0 saturated heterocycles. The molecule has 3 aliphatic rings. The largest absolute Gasteiger partial charge is 0.462 e. The lowest BCUT2D eigenvalue weighted by Crippen LogP contribution is -2.32. The van der Waals surface area contributed by atoms with Gasteiger partial charge in [0, 0.05) is 0 Å². The number of hydrogen-bond acceptors (Lipinski definition) is 2. The second kappa shape index (κ2) is 11.6. The van der Waals surface area contributed by atoms with Crippen molar-refractivity contribution in [1.82, 2.24) is 0 Å². The summed E-state index contributed by atoms with van der Waals surface area (Å²) >= 11 is 0. The van der Waals surface area contributed by atoms with Gasteiger partial charge in [0.25, 0.3) is 0 Å². The molecule has 0 aromatic carbocycles. The Morgan fingerprint density at radius 1 is 0.714 bits per heavy atom. The van der Waals surface area contributed by atoms with Crippen molar-refractivity contribution < 1.29 is 9.53 Å². The molecule has 3 aliphatic carbocycles. The lowest BCUT2D eigenvalue weighted by molar-refractivity contribution is -0.157. The van der Waals surface area contributed by atoms with Crippen LogP contribution in [-0.2, 0) is 9.53 Å². The van der Waals surface area contributed by atoms with Crippen molar-refractivity contribution in [2.45, 2.75) is 129 Å². The van der Waals surface area contributed by atoms with Crippen LogP contribution in [0, 0.1) is 29.6 Å². The van der Waals surface area contributed by atoms with Crippen molar-refractivity contribution in [3.8, 4) is 0 Å². The molecule has 0 atom stereocenters. The average molecular weight is 391 g/mol. The van der Waals surface area contributed by atoms with Crippen LogP contribution in [0.1, 0.15) is 123 Å². The van der Waals surface area contributed by atoms with Gasteiger partial charge in [0.2, 0.25) is 0 Å². The van der Waals surface area contributed by atoms with Gasteiger partial charge in [0.15, 0.2) is 0 Å². The van der Waals surface area contributed by atoms with E-state index in [4.69, 9.17) is 4.74 Å². The summed E-state index contributed by atoms with van der Waals surface area (Å²) in [5, 5.41) is 0. The molecule has 0 spiro atoms. The fraction of sp³-hybridized carbons (Fsp3) is 0.962. The quantitative estimate of drug-likeness (QED) is 0.313. The zero-order chi connectivity index (χ0) is 19.8. The van der Waals surface area contributed by atoms with Gasteiger partial charge in [-0.05, 0) is 87.9 Å². The summed E-state index contributed by atoms with van der Waals surface area (Å²) in [6.45, 7) is 4.63. The number of rotatable bonds is 8. The molecule has 0 heterocycles. The van der Waals surface area contributed by atoms with Crippen molar-refractivity contribution in [3.05, 3.63) is 0 Å². The van der Waals surface area contributed by atoms with Crippen LogP contribution in [0.15, 0.2) is 0 Å². The van der Waals surface area contributed by atoms with E-state index in [1.54, 1.807) is 0 Å². The Morgan fingerprint density at radius 3 is 1.86 bits per heavy atom. The fourth-order valence-corrected chi connectivity index (χ4v) is 6.38. The fourth-order valence-electron chi connectivity index (χ4n) is 6.38. The van der Waals surface area contributed by atoms with Gasteiger partial charge in [-0.3, -0.25) is 4.79 Å². The van der Waals surface area contributed by atoms with Gasteiger partial charge in [-0.2, -0.15) is 0 Å². The maximum atomic E-state index is 12.7. The zero-order valence-corrected chi connectivity index (χ0v) is 18.8. The second-order valence-electron chi connectivity index (χ2n) is 10.4. The molecule has 2 heteroatoms. The van der Waals surface area contributed by atoms with Gasteiger partial charge >= 0.3 is 5.97 Å². The van der Waals surface area contributed by atoms with Crippen LogP contribution in [-0.4, -0.2) is 12.1 Å². The smallest absolute Gasteiger partial charge is 0.309 e. The molecule has 0 N–H and O–H groups in total. The highest BCUT2D eigenvalue weighted by Crippen LogP contribution is 2.42. The maximum absolute atomic E-state index is 12.7. The van der Waals surface area contributed by atoms with Crippen LogP contribution in [0.3, 0.4) is 0 Å². The summed E-state index contributed by atoms with van der Waals surface area (Å²) < 4.78 is 5.98. The van der Waals surface area contributed by atoms with Gasteiger partial charge in [-0.1, -0.05) is 58.8 Å². The number of carbonyl (C=O) groups excluding carboxylic acids is 1. The van der Waals surface area contributed by atoms with Crippen LogP contribution >= 0.6 is 0 Å². The van der Waals surface area contributed by atoms with Crippen LogP contribution in [0.25, 0.3) is 0 Å². The number of hydrogen-bond donors (Lipinski definition) is 0. The molecule has 0 bridgehead atoms. The summed E-state index contributed by atoms with van der Waals surface area (Å²) in [5.74, 6) is 4.06. The molecule has 0 unspecified atom stereocenters. The average Bonchev–Trinajstić information content (AvgIpc) is 2.75. The molecular weight excluding hydrogens is 344 g/mol. The van der Waals surface area contributed by atoms with E-state index in [0.29, 0.717) is 0 Å². The first kappa shape index (κ1) is 22.2. The lowest BCUT2D eigenvalue weighted by atomic mass is 9.69. The maximum Gasteiger partial charge on any atom is 0.309 e. The first-order valence-electron chi connectivity index (χ1n) is 12.9. The number of ether oxygens (including phenoxy) is 1. The second-order valence-corrected chi connectivity index (χ2v) is 10.4. The minimum Gasteiger partial charge on any atom is -0.462 e. The summed E-state index contributed by atoms with van der Waals surface area (Å²) in [6, 6.07) is 0. The number of carbonyl (C=O) groups is 1. The van der Waals surface area contributed by atoms with Gasteiger partial charge in [0.05, 0.1) is 5.92 Å². The van der Waals surface area contributed by atoms with Crippen molar-refractivity contribution in [2.24, 2.45) is 29.6 Å². The van der Waals surface area contributed by atoms with Gasteiger partial charge in [-0.25, -0.2) is 0 Å². The van der Waals surface area contributed by atoms with Gasteiger partial charge in [-0.15, -0.1) is 0 Å². The number of esters is 1. The molecule has 162 valence electrons. The van der Waals surface area contributed by atoms with Crippen LogP contribution in [0.5, 0.6) is 0 Å². The molecular formula is C26H46O2. The van der Waals surface area contributed by atoms with E-state index in [2.05, 4.69) is 13.8 Å². The van der Waals surface area contributed by atoms with E-state index in [9.17, 15) is 4.79 Å². The van der Waals surface area contributed by atoms with Gasteiger partial charge < -0.3 is 4.74 Å². The summed E-state index contributed by atoms with van der Waals surface area (Å²) in [6.07, 6.45) is 22.3. The standard InChI is InChI=1S/C26H46O2/c1-3-5-6-7-21-10-18-25(19-11-21)28-26(27)24-16-14-23(15-17-24)22-12-8-20(4-2)9-13-22/h20-25H,3-19H2,1-2H3. The Kier molecular flexibility index (Phi) is 9.18. The predicted octanol–water partition coefficient (Wildman–Crippen LogP) is 7.69. The van der Waals surface area contributed by atoms with Crippen molar-refractivity contribution in [3.63, 3.8) is 0 Å². The molecule has 0 aromatic heterocycles. The molecule has 3 saturated carbocycles. The summed E-state index contributed by atoms with van der Waals surface area (Å²) in [7, 11) is 0.